The van der Waals surface area contributed by atoms with Gasteiger partial charge in [-0.1, -0.05) is 116 Å². The van der Waals surface area contributed by atoms with Gasteiger partial charge < -0.3 is 4.74 Å². The topological polar surface area (TPSA) is 33.0 Å². The van der Waals surface area contributed by atoms with E-state index in [0.29, 0.717) is 6.61 Å². The zero-order valence-corrected chi connectivity index (χ0v) is 22.0. The van der Waals surface area contributed by atoms with Gasteiger partial charge in [-0.3, -0.25) is 0 Å². The third kappa shape index (κ3) is 9.02. The highest BCUT2D eigenvalue weighted by Gasteiger charge is 2.28. The van der Waals surface area contributed by atoms with Crippen molar-refractivity contribution in [3.63, 3.8) is 0 Å². The molecule has 2 aromatic rings. The molecule has 2 rings (SSSR count). The Bertz CT molecular complexity index is 849. The quantitative estimate of drug-likeness (QED) is 0.105. The van der Waals surface area contributed by atoms with E-state index in [1.54, 1.807) is 7.28 Å². The molecule has 1 atom stereocenters. The number of nitrogens with zero attached hydrogens (tertiary/aromatic N) is 1. The lowest BCUT2D eigenvalue weighted by molar-refractivity contribution is 0.306. The van der Waals surface area contributed by atoms with E-state index in [-0.39, 0.29) is 9.24 Å². The van der Waals surface area contributed by atoms with Crippen LogP contribution in [0.25, 0.3) is 0 Å². The van der Waals surface area contributed by atoms with Crippen LogP contribution >= 0.6 is 22.6 Å². The summed E-state index contributed by atoms with van der Waals surface area (Å²) in [7, 11) is 1.78. The molecule has 0 amide bonds. The standard InChI is InChI=1S/C28H36BINO/c1-4-6-17-28(30,18-7-5-2)23(3)19-26(29-22-31)20-24-13-15-27(16-14-24)32-21-25-11-9-8-10-12-25/h8-16,19,26H,4-7,17-18,20-21H2,1-3H3/b23-19-. The first-order chi connectivity index (χ1) is 15.5. The lowest BCUT2D eigenvalue weighted by Gasteiger charge is -2.30. The fourth-order valence-corrected chi connectivity index (χ4v) is 4.84. The van der Waals surface area contributed by atoms with Crippen molar-refractivity contribution in [3.05, 3.63) is 77.4 Å². The van der Waals surface area contributed by atoms with Crippen LogP contribution in [0.1, 0.15) is 70.4 Å². The van der Waals surface area contributed by atoms with Gasteiger partial charge in [0.05, 0.1) is 0 Å². The van der Waals surface area contributed by atoms with Crippen molar-refractivity contribution < 1.29 is 4.74 Å². The fourth-order valence-electron chi connectivity index (χ4n) is 3.90. The fraction of sp³-hybridized carbons (Fsp3) is 0.464. The van der Waals surface area contributed by atoms with Gasteiger partial charge in [-0.15, -0.1) is 0 Å². The molecule has 2 aromatic carbocycles. The predicted molar refractivity (Wildman–Crippen MR) is 146 cm³/mol. The molecule has 0 fully saturated rings. The highest BCUT2D eigenvalue weighted by atomic mass is 127. The van der Waals surface area contributed by atoms with E-state index < -0.39 is 0 Å². The second-order valence-corrected chi connectivity index (χ2v) is 10.7. The van der Waals surface area contributed by atoms with Crippen LogP contribution in [-0.2, 0) is 13.0 Å². The lowest BCUT2D eigenvalue weighted by atomic mass is 9.63. The Balaban J connectivity index is 2.05. The summed E-state index contributed by atoms with van der Waals surface area (Å²) in [5, 5.41) is 9.38. The van der Waals surface area contributed by atoms with Crippen LogP contribution in [0.2, 0.25) is 5.82 Å². The number of alkyl halides is 1. The predicted octanol–water partition coefficient (Wildman–Crippen LogP) is 8.28. The maximum Gasteiger partial charge on any atom is 0.262 e. The normalized spacial score (nSPS) is 12.8. The molecule has 0 heterocycles. The molecule has 0 aromatic heterocycles. The summed E-state index contributed by atoms with van der Waals surface area (Å²) in [6.45, 7) is 7.35. The number of unbranched alkanes of at least 4 members (excludes halogenated alkanes) is 2. The van der Waals surface area contributed by atoms with E-state index >= 15 is 0 Å². The molecule has 1 unspecified atom stereocenters. The van der Waals surface area contributed by atoms with Gasteiger partial charge in [-0.2, -0.15) is 0 Å². The number of nitriles is 1. The summed E-state index contributed by atoms with van der Waals surface area (Å²) in [5.74, 6) is 3.27. The van der Waals surface area contributed by atoms with Gasteiger partial charge in [-0.05, 0) is 61.2 Å². The van der Waals surface area contributed by atoms with Crippen LogP contribution in [0, 0.1) is 11.2 Å². The van der Waals surface area contributed by atoms with E-state index in [1.165, 1.54) is 49.7 Å². The zero-order chi connectivity index (χ0) is 23.2. The van der Waals surface area contributed by atoms with Crippen molar-refractivity contribution >= 4 is 29.9 Å². The number of hydrogen-bond donors (Lipinski definition) is 0. The smallest absolute Gasteiger partial charge is 0.262 e. The van der Waals surface area contributed by atoms with Crippen molar-refractivity contribution in [2.75, 3.05) is 0 Å². The van der Waals surface area contributed by atoms with Crippen LogP contribution < -0.4 is 4.74 Å². The van der Waals surface area contributed by atoms with Gasteiger partial charge in [0.25, 0.3) is 7.28 Å². The Kier molecular flexibility index (Phi) is 11.9. The minimum atomic E-state index is 0.119. The highest BCUT2D eigenvalue weighted by molar-refractivity contribution is 14.1. The third-order valence-corrected chi connectivity index (χ3v) is 7.89. The number of allylic oxidation sites excluding steroid dienone is 2. The zero-order valence-electron chi connectivity index (χ0n) is 19.8. The second-order valence-electron chi connectivity index (χ2n) is 8.60. The Labute approximate surface area is 209 Å². The number of rotatable bonds is 14. The molecule has 169 valence electrons. The summed E-state index contributed by atoms with van der Waals surface area (Å²) in [5.41, 5.74) is 3.80. The lowest BCUT2D eigenvalue weighted by Crippen LogP contribution is -2.23. The van der Waals surface area contributed by atoms with E-state index in [0.717, 1.165) is 17.7 Å². The van der Waals surface area contributed by atoms with E-state index in [2.05, 4.69) is 79.7 Å². The SMILES string of the molecule is CCCCC(I)(CCCC)/C(C)=C\C([B]C#N)Cc1ccc(OCc2ccccc2)cc1. The second kappa shape index (κ2) is 14.4. The molecule has 0 saturated heterocycles. The molecule has 0 saturated carbocycles. The molecular formula is C28H36BINO. The number of halogens is 1. The van der Waals surface area contributed by atoms with Gasteiger partial charge in [0.15, 0.2) is 0 Å². The highest BCUT2D eigenvalue weighted by Crippen LogP contribution is 2.39. The maximum atomic E-state index is 9.38. The van der Waals surface area contributed by atoms with E-state index in [9.17, 15) is 5.26 Å². The van der Waals surface area contributed by atoms with E-state index in [4.69, 9.17) is 4.74 Å². The molecule has 0 spiro atoms. The number of ether oxygens (including phenoxy) is 1. The van der Waals surface area contributed by atoms with Crippen molar-refractivity contribution in [2.45, 2.75) is 81.6 Å². The van der Waals surface area contributed by atoms with Gasteiger partial charge >= 0.3 is 0 Å². The summed E-state index contributed by atoms with van der Waals surface area (Å²) >= 11 is 2.68. The molecule has 2 nitrogen and oxygen atoms in total. The molecule has 1 radical (unpaired) electrons. The maximum absolute atomic E-state index is 9.38. The van der Waals surface area contributed by atoms with E-state index in [1.807, 2.05) is 30.3 Å². The van der Waals surface area contributed by atoms with Crippen LogP contribution in [0.3, 0.4) is 0 Å². The minimum absolute atomic E-state index is 0.119. The van der Waals surface area contributed by atoms with Crippen LogP contribution in [0.5, 0.6) is 5.75 Å². The monoisotopic (exact) mass is 540 g/mol. The summed E-state index contributed by atoms with van der Waals surface area (Å²) in [4.78, 5) is 0. The van der Waals surface area contributed by atoms with Crippen molar-refractivity contribution in [3.8, 4) is 11.7 Å². The van der Waals surface area contributed by atoms with Gasteiger partial charge in [-0.25, -0.2) is 5.26 Å². The van der Waals surface area contributed by atoms with Gasteiger partial charge in [0, 0.05) is 3.42 Å². The molecule has 0 aliphatic heterocycles. The number of hydrogen-bond acceptors (Lipinski definition) is 2. The first kappa shape index (κ1) is 26.5. The van der Waals surface area contributed by atoms with Crippen LogP contribution in [-0.4, -0.2) is 10.7 Å². The first-order valence-electron chi connectivity index (χ1n) is 11.9. The molecule has 0 N–H and O–H groups in total. The molecule has 0 bridgehead atoms. The third-order valence-electron chi connectivity index (χ3n) is 5.96. The van der Waals surface area contributed by atoms with Gasteiger partial charge in [0.2, 0.25) is 0 Å². The Morgan fingerprint density at radius 1 is 1.03 bits per heavy atom. The van der Waals surface area contributed by atoms with Gasteiger partial charge in [0.1, 0.15) is 12.4 Å². The summed E-state index contributed by atoms with van der Waals surface area (Å²) in [6.07, 6.45) is 10.5. The molecular weight excluding hydrogens is 504 g/mol. The largest absolute Gasteiger partial charge is 0.489 e. The van der Waals surface area contributed by atoms with Crippen molar-refractivity contribution in [2.24, 2.45) is 0 Å². The Hall–Kier alpha value is -1.74. The Morgan fingerprint density at radius 2 is 1.66 bits per heavy atom. The van der Waals surface area contributed by atoms with Crippen molar-refractivity contribution in [1.82, 2.24) is 0 Å². The average molecular weight is 540 g/mol. The first-order valence-corrected chi connectivity index (χ1v) is 12.9. The van der Waals surface area contributed by atoms with Crippen LogP contribution in [0.15, 0.2) is 66.2 Å². The number of benzene rings is 2. The molecule has 32 heavy (non-hydrogen) atoms. The molecule has 0 aliphatic rings. The molecule has 0 aliphatic carbocycles. The van der Waals surface area contributed by atoms with Crippen molar-refractivity contribution in [1.29, 1.82) is 5.26 Å². The molecule has 4 heteroatoms. The average Bonchev–Trinajstić information content (AvgIpc) is 2.81. The minimum Gasteiger partial charge on any atom is -0.489 e. The summed E-state index contributed by atoms with van der Waals surface area (Å²) < 4.78 is 6.11. The Morgan fingerprint density at radius 3 is 2.22 bits per heavy atom. The van der Waals surface area contributed by atoms with Crippen LogP contribution in [0.4, 0.5) is 0 Å². The summed E-state index contributed by atoms with van der Waals surface area (Å²) in [6, 6.07) is 18.5.